The van der Waals surface area contributed by atoms with Gasteiger partial charge in [0.2, 0.25) is 0 Å². The van der Waals surface area contributed by atoms with Gasteiger partial charge in [-0.1, -0.05) is 42.1 Å². The molecule has 1 rings (SSSR count). The van der Waals surface area contributed by atoms with Crippen molar-refractivity contribution in [3.05, 3.63) is 32.7 Å². The number of benzene rings is 1. The Hall–Kier alpha value is -0.390. The van der Waals surface area contributed by atoms with Gasteiger partial charge in [0.1, 0.15) is 0 Å². The van der Waals surface area contributed by atoms with Crippen molar-refractivity contribution in [2.45, 2.75) is 32.6 Å². The monoisotopic (exact) mass is 405 g/mol. The number of carbonyl (C=O) groups is 1. The van der Waals surface area contributed by atoms with Gasteiger partial charge in [-0.25, -0.2) is 0 Å². The molecule has 0 aliphatic carbocycles. The summed E-state index contributed by atoms with van der Waals surface area (Å²) in [6.45, 7) is 3.23. The van der Waals surface area contributed by atoms with Crippen molar-refractivity contribution in [3.63, 3.8) is 0 Å². The number of carbonyl (C=O) groups excluding carboxylic acids is 1. The zero-order valence-electron chi connectivity index (χ0n) is 11.7. The average molecular weight is 407 g/mol. The van der Waals surface area contributed by atoms with Gasteiger partial charge in [-0.2, -0.15) is 0 Å². The van der Waals surface area contributed by atoms with Crippen LogP contribution in [0.15, 0.2) is 27.1 Å². The molecule has 0 spiro atoms. The maximum absolute atomic E-state index is 12.5. The van der Waals surface area contributed by atoms with Crippen LogP contribution in [0.4, 0.5) is 0 Å². The topological polar surface area (TPSA) is 40.5 Å². The summed E-state index contributed by atoms with van der Waals surface area (Å²) in [4.78, 5) is 14.2. The molecule has 0 fully saturated rings. The fourth-order valence-electron chi connectivity index (χ4n) is 2.00. The molecule has 1 aromatic rings. The maximum Gasteiger partial charge on any atom is 0.255 e. The Bertz CT molecular complexity index is 438. The Kier molecular flexibility index (Phi) is 8.41. The molecule has 1 N–H and O–H groups in total. The van der Waals surface area contributed by atoms with E-state index in [1.165, 1.54) is 12.8 Å². The third-order valence-electron chi connectivity index (χ3n) is 3.10. The third-order valence-corrected chi connectivity index (χ3v) is 4.25. The summed E-state index contributed by atoms with van der Waals surface area (Å²) in [6, 6.07) is 5.51. The standard InChI is InChI=1S/C15H21Br2NO2/c1-2-3-4-5-8-18(9-10-19)15(20)13-7-6-12(16)11-14(13)17/h6-7,11,19H,2-5,8-10H2,1H3. The SMILES string of the molecule is CCCCCCN(CCO)C(=O)c1ccc(Br)cc1Br. The van der Waals surface area contributed by atoms with Crippen molar-refractivity contribution in [3.8, 4) is 0 Å². The smallest absolute Gasteiger partial charge is 0.255 e. The van der Waals surface area contributed by atoms with Crippen LogP contribution in [0.25, 0.3) is 0 Å². The first-order valence-electron chi connectivity index (χ1n) is 6.95. The Labute approximate surface area is 137 Å². The van der Waals surface area contributed by atoms with E-state index in [9.17, 15) is 4.79 Å². The highest BCUT2D eigenvalue weighted by Crippen LogP contribution is 2.23. The normalized spacial score (nSPS) is 10.6. The summed E-state index contributed by atoms with van der Waals surface area (Å²) in [5.41, 5.74) is 0.636. The number of nitrogens with zero attached hydrogens (tertiary/aromatic N) is 1. The summed E-state index contributed by atoms with van der Waals surface area (Å²) in [5, 5.41) is 9.14. The lowest BCUT2D eigenvalue weighted by Gasteiger charge is -2.22. The van der Waals surface area contributed by atoms with Crippen LogP contribution in [-0.4, -0.2) is 35.6 Å². The fraction of sp³-hybridized carbons (Fsp3) is 0.533. The van der Waals surface area contributed by atoms with Crippen molar-refractivity contribution >= 4 is 37.8 Å². The molecule has 0 bridgehead atoms. The molecular formula is C15H21Br2NO2. The van der Waals surface area contributed by atoms with E-state index in [0.717, 1.165) is 21.8 Å². The van der Waals surface area contributed by atoms with Crippen molar-refractivity contribution in [2.24, 2.45) is 0 Å². The van der Waals surface area contributed by atoms with E-state index in [0.29, 0.717) is 18.7 Å². The van der Waals surface area contributed by atoms with Gasteiger partial charge in [0.25, 0.3) is 5.91 Å². The lowest BCUT2D eigenvalue weighted by Crippen LogP contribution is -2.34. The molecule has 0 radical (unpaired) electrons. The second-order valence-electron chi connectivity index (χ2n) is 4.70. The van der Waals surface area contributed by atoms with Gasteiger partial charge in [-0.15, -0.1) is 0 Å². The Morgan fingerprint density at radius 3 is 2.55 bits per heavy atom. The highest BCUT2D eigenvalue weighted by molar-refractivity contribution is 9.11. The minimum atomic E-state index is -0.0325. The van der Waals surface area contributed by atoms with E-state index in [1.807, 2.05) is 12.1 Å². The van der Waals surface area contributed by atoms with Crippen LogP contribution in [0.2, 0.25) is 0 Å². The molecule has 20 heavy (non-hydrogen) atoms. The lowest BCUT2D eigenvalue weighted by molar-refractivity contribution is 0.0717. The summed E-state index contributed by atoms with van der Waals surface area (Å²) in [5.74, 6) is -0.0325. The molecule has 0 aliphatic heterocycles. The molecule has 1 amide bonds. The number of hydrogen-bond acceptors (Lipinski definition) is 2. The van der Waals surface area contributed by atoms with Crippen LogP contribution in [0.5, 0.6) is 0 Å². The highest BCUT2D eigenvalue weighted by Gasteiger charge is 2.17. The quantitative estimate of drug-likeness (QED) is 0.656. The largest absolute Gasteiger partial charge is 0.395 e. The summed E-state index contributed by atoms with van der Waals surface area (Å²) >= 11 is 6.80. The first-order valence-corrected chi connectivity index (χ1v) is 8.54. The minimum Gasteiger partial charge on any atom is -0.395 e. The predicted molar refractivity (Wildman–Crippen MR) is 89.0 cm³/mol. The lowest BCUT2D eigenvalue weighted by atomic mass is 10.1. The average Bonchev–Trinajstić information content (AvgIpc) is 2.41. The zero-order valence-corrected chi connectivity index (χ0v) is 14.9. The molecular weight excluding hydrogens is 386 g/mol. The maximum atomic E-state index is 12.5. The van der Waals surface area contributed by atoms with Gasteiger partial charge in [0.05, 0.1) is 12.2 Å². The molecule has 0 aliphatic rings. The van der Waals surface area contributed by atoms with E-state index in [1.54, 1.807) is 11.0 Å². The number of unbranched alkanes of at least 4 members (excludes halogenated alkanes) is 3. The molecule has 0 aromatic heterocycles. The van der Waals surface area contributed by atoms with Crippen molar-refractivity contribution in [1.82, 2.24) is 4.90 Å². The molecule has 0 saturated heterocycles. The number of hydrogen-bond donors (Lipinski definition) is 1. The number of aliphatic hydroxyl groups is 1. The molecule has 0 heterocycles. The van der Waals surface area contributed by atoms with Crippen molar-refractivity contribution < 1.29 is 9.90 Å². The van der Waals surface area contributed by atoms with E-state index in [2.05, 4.69) is 38.8 Å². The van der Waals surface area contributed by atoms with Crippen LogP contribution in [-0.2, 0) is 0 Å². The molecule has 1 aromatic carbocycles. The van der Waals surface area contributed by atoms with E-state index in [-0.39, 0.29) is 12.5 Å². The van der Waals surface area contributed by atoms with Gasteiger partial charge < -0.3 is 10.0 Å². The van der Waals surface area contributed by atoms with Crippen LogP contribution in [0, 0.1) is 0 Å². The van der Waals surface area contributed by atoms with Crippen LogP contribution in [0.1, 0.15) is 43.0 Å². The number of aliphatic hydroxyl groups excluding tert-OH is 1. The van der Waals surface area contributed by atoms with Gasteiger partial charge in [0.15, 0.2) is 0 Å². The third kappa shape index (κ3) is 5.54. The molecule has 0 saturated carbocycles. The van der Waals surface area contributed by atoms with Crippen LogP contribution < -0.4 is 0 Å². The summed E-state index contributed by atoms with van der Waals surface area (Å²) in [7, 11) is 0. The molecule has 0 atom stereocenters. The molecule has 5 heteroatoms. The van der Waals surface area contributed by atoms with Gasteiger partial charge >= 0.3 is 0 Å². The first-order chi connectivity index (χ1) is 9.60. The number of halogens is 2. The predicted octanol–water partition coefficient (Wildman–Crippen LogP) is 4.23. The minimum absolute atomic E-state index is 0.00628. The summed E-state index contributed by atoms with van der Waals surface area (Å²) in [6.07, 6.45) is 4.45. The van der Waals surface area contributed by atoms with Gasteiger partial charge in [-0.05, 0) is 40.5 Å². The van der Waals surface area contributed by atoms with Gasteiger partial charge in [-0.3, -0.25) is 4.79 Å². The van der Waals surface area contributed by atoms with Crippen LogP contribution in [0.3, 0.4) is 0 Å². The van der Waals surface area contributed by atoms with E-state index >= 15 is 0 Å². The molecule has 0 unspecified atom stereocenters. The molecule has 3 nitrogen and oxygen atoms in total. The first kappa shape index (κ1) is 17.7. The Morgan fingerprint density at radius 1 is 1.20 bits per heavy atom. The highest BCUT2D eigenvalue weighted by atomic mass is 79.9. The fourth-order valence-corrected chi connectivity index (χ4v) is 3.21. The molecule has 112 valence electrons. The van der Waals surface area contributed by atoms with Gasteiger partial charge in [0, 0.05) is 22.0 Å². The number of amides is 1. The number of rotatable bonds is 8. The second-order valence-corrected chi connectivity index (χ2v) is 6.47. The Balaban J connectivity index is 2.72. The van der Waals surface area contributed by atoms with E-state index < -0.39 is 0 Å². The van der Waals surface area contributed by atoms with E-state index in [4.69, 9.17) is 5.11 Å². The van der Waals surface area contributed by atoms with Crippen molar-refractivity contribution in [1.29, 1.82) is 0 Å². The second kappa shape index (κ2) is 9.53. The zero-order chi connectivity index (χ0) is 15.0. The van der Waals surface area contributed by atoms with Crippen molar-refractivity contribution in [2.75, 3.05) is 19.7 Å². The Morgan fingerprint density at radius 2 is 1.95 bits per heavy atom. The summed E-state index contributed by atoms with van der Waals surface area (Å²) < 4.78 is 1.70. The van der Waals surface area contributed by atoms with Crippen LogP contribution >= 0.6 is 31.9 Å².